The summed E-state index contributed by atoms with van der Waals surface area (Å²) >= 11 is 0. The molecule has 1 saturated heterocycles. The summed E-state index contributed by atoms with van der Waals surface area (Å²) in [5.74, 6) is -1.10. The van der Waals surface area contributed by atoms with Crippen LogP contribution in [0.2, 0.25) is 0 Å². The first kappa shape index (κ1) is 21.6. The first-order valence-electron chi connectivity index (χ1n) is 8.15. The number of fused-ring (bicyclic) bond motifs is 1. The first-order valence-corrected chi connectivity index (χ1v) is 9.56. The zero-order valence-corrected chi connectivity index (χ0v) is 16.2. The van der Waals surface area contributed by atoms with E-state index in [4.69, 9.17) is 14.2 Å². The van der Waals surface area contributed by atoms with E-state index in [1.807, 2.05) is 20.8 Å². The summed E-state index contributed by atoms with van der Waals surface area (Å²) in [5.41, 5.74) is -6.98. The number of ether oxygens (including phenoxy) is 3. The molecule has 2 rings (SSSR count). The predicted molar refractivity (Wildman–Crippen MR) is 86.6 cm³/mol. The molecule has 26 heavy (non-hydrogen) atoms. The highest BCUT2D eigenvalue weighted by Crippen LogP contribution is 2.51. The second-order valence-electron chi connectivity index (χ2n) is 8.10. The van der Waals surface area contributed by atoms with Crippen LogP contribution in [0.4, 0.5) is 13.2 Å². The van der Waals surface area contributed by atoms with E-state index in [9.17, 15) is 21.6 Å². The minimum absolute atomic E-state index is 0.0759. The van der Waals surface area contributed by atoms with Crippen molar-refractivity contribution in [2.24, 2.45) is 5.41 Å². The molecule has 0 amide bonds. The van der Waals surface area contributed by atoms with E-state index in [-0.39, 0.29) is 13.0 Å². The normalized spacial score (nSPS) is 34.7. The van der Waals surface area contributed by atoms with Crippen molar-refractivity contribution in [2.75, 3.05) is 6.61 Å². The van der Waals surface area contributed by atoms with Gasteiger partial charge in [0.25, 0.3) is 0 Å². The maximum atomic E-state index is 12.7. The van der Waals surface area contributed by atoms with Crippen LogP contribution in [0.25, 0.3) is 0 Å². The van der Waals surface area contributed by atoms with Crippen LogP contribution in [-0.4, -0.2) is 50.2 Å². The maximum absolute atomic E-state index is 12.7. The summed E-state index contributed by atoms with van der Waals surface area (Å²) in [6.45, 7) is 12.5. The van der Waals surface area contributed by atoms with Gasteiger partial charge < -0.3 is 14.2 Å². The van der Waals surface area contributed by atoms with Gasteiger partial charge in [0, 0.05) is 5.41 Å². The second kappa shape index (κ2) is 6.44. The summed E-state index contributed by atoms with van der Waals surface area (Å²) in [6, 6.07) is 0. The van der Waals surface area contributed by atoms with E-state index in [0.717, 1.165) is 0 Å². The molecular formula is C16H25F3O6S. The molecule has 0 unspecified atom stereocenters. The molecular weight excluding hydrogens is 377 g/mol. The molecule has 0 spiro atoms. The highest BCUT2D eigenvalue weighted by molar-refractivity contribution is 7.87. The third-order valence-electron chi connectivity index (χ3n) is 4.36. The van der Waals surface area contributed by atoms with Gasteiger partial charge in [-0.15, -0.1) is 6.58 Å². The van der Waals surface area contributed by atoms with Crippen LogP contribution in [0.5, 0.6) is 0 Å². The topological polar surface area (TPSA) is 71.1 Å². The average molecular weight is 402 g/mol. The minimum atomic E-state index is -5.77. The van der Waals surface area contributed by atoms with Crippen molar-refractivity contribution in [3.05, 3.63) is 12.7 Å². The van der Waals surface area contributed by atoms with Crippen molar-refractivity contribution in [1.29, 1.82) is 0 Å². The number of halogens is 3. The number of hydrogen-bond donors (Lipinski definition) is 0. The van der Waals surface area contributed by atoms with E-state index in [0.29, 0.717) is 0 Å². The van der Waals surface area contributed by atoms with Crippen LogP contribution in [0.3, 0.4) is 0 Å². The fourth-order valence-corrected chi connectivity index (χ4v) is 3.78. The SMILES string of the molecule is C=C[C@@]1(COC(C)(C)C)C[C@H](OS(=O)(=O)C(F)(F)F)[C@@H]2OC(C)(C)O[C@@H]21. The van der Waals surface area contributed by atoms with Crippen LogP contribution < -0.4 is 0 Å². The molecule has 0 aromatic carbocycles. The van der Waals surface area contributed by atoms with Gasteiger partial charge in [-0.25, -0.2) is 0 Å². The van der Waals surface area contributed by atoms with Gasteiger partial charge in [-0.05, 0) is 41.0 Å². The lowest BCUT2D eigenvalue weighted by Gasteiger charge is -2.34. The van der Waals surface area contributed by atoms with E-state index >= 15 is 0 Å². The van der Waals surface area contributed by atoms with Gasteiger partial charge >= 0.3 is 15.6 Å². The number of alkyl halides is 3. The van der Waals surface area contributed by atoms with Gasteiger partial charge in [-0.2, -0.15) is 21.6 Å². The summed E-state index contributed by atoms with van der Waals surface area (Å²) in [6.07, 6.45) is -1.68. The molecule has 0 aromatic rings. The summed E-state index contributed by atoms with van der Waals surface area (Å²) < 4.78 is 82.9. The quantitative estimate of drug-likeness (QED) is 0.400. The van der Waals surface area contributed by atoms with E-state index in [1.165, 1.54) is 6.08 Å². The van der Waals surface area contributed by atoms with Crippen molar-refractivity contribution in [3.8, 4) is 0 Å². The Bertz CT molecular complexity index is 652. The first-order chi connectivity index (χ1) is 11.5. The van der Waals surface area contributed by atoms with Crippen LogP contribution in [0.1, 0.15) is 41.0 Å². The van der Waals surface area contributed by atoms with Crippen molar-refractivity contribution in [3.63, 3.8) is 0 Å². The van der Waals surface area contributed by atoms with Crippen molar-refractivity contribution >= 4 is 10.1 Å². The van der Waals surface area contributed by atoms with Crippen LogP contribution in [0, 0.1) is 5.41 Å². The molecule has 1 saturated carbocycles. The molecule has 10 heteroatoms. The predicted octanol–water partition coefficient (Wildman–Crippen LogP) is 3.13. The molecule has 4 atom stereocenters. The Morgan fingerprint density at radius 2 is 1.81 bits per heavy atom. The summed E-state index contributed by atoms with van der Waals surface area (Å²) in [7, 11) is -5.77. The molecule has 1 aliphatic heterocycles. The number of hydrogen-bond acceptors (Lipinski definition) is 6. The van der Waals surface area contributed by atoms with E-state index in [2.05, 4.69) is 10.8 Å². The lowest BCUT2D eigenvalue weighted by atomic mass is 9.84. The van der Waals surface area contributed by atoms with Crippen LogP contribution in [0.15, 0.2) is 12.7 Å². The second-order valence-corrected chi connectivity index (χ2v) is 9.66. The molecule has 2 fully saturated rings. The van der Waals surface area contributed by atoms with Gasteiger partial charge in [-0.1, -0.05) is 6.08 Å². The lowest BCUT2D eigenvalue weighted by molar-refractivity contribution is -0.177. The van der Waals surface area contributed by atoms with Crippen molar-refractivity contribution in [1.82, 2.24) is 0 Å². The molecule has 0 bridgehead atoms. The molecule has 0 aromatic heterocycles. The Morgan fingerprint density at radius 3 is 2.27 bits per heavy atom. The average Bonchev–Trinajstić information content (AvgIpc) is 2.88. The molecule has 0 radical (unpaired) electrons. The zero-order chi connectivity index (χ0) is 20.2. The smallest absolute Gasteiger partial charge is 0.375 e. The molecule has 2 aliphatic rings. The summed E-state index contributed by atoms with van der Waals surface area (Å²) in [5, 5.41) is 0. The molecule has 152 valence electrons. The van der Waals surface area contributed by atoms with E-state index < -0.39 is 50.7 Å². The van der Waals surface area contributed by atoms with Gasteiger partial charge in [-0.3, -0.25) is 4.18 Å². The van der Waals surface area contributed by atoms with Crippen molar-refractivity contribution < 1.29 is 40.0 Å². The molecule has 1 aliphatic carbocycles. The molecule has 0 N–H and O–H groups in total. The van der Waals surface area contributed by atoms with Crippen molar-refractivity contribution in [2.45, 2.75) is 76.2 Å². The van der Waals surface area contributed by atoms with Crippen LogP contribution >= 0.6 is 0 Å². The van der Waals surface area contributed by atoms with Gasteiger partial charge in [0.2, 0.25) is 0 Å². The Labute approximate surface area is 151 Å². The number of rotatable bonds is 5. The van der Waals surface area contributed by atoms with Gasteiger partial charge in [0.1, 0.15) is 18.3 Å². The summed E-state index contributed by atoms with van der Waals surface area (Å²) in [4.78, 5) is 0. The highest BCUT2D eigenvalue weighted by Gasteiger charge is 2.63. The Morgan fingerprint density at radius 1 is 1.23 bits per heavy atom. The monoisotopic (exact) mass is 402 g/mol. The van der Waals surface area contributed by atoms with E-state index in [1.54, 1.807) is 13.8 Å². The molecule has 1 heterocycles. The lowest BCUT2D eigenvalue weighted by Crippen LogP contribution is -2.40. The largest absolute Gasteiger partial charge is 0.523 e. The van der Waals surface area contributed by atoms with Crippen LogP contribution in [-0.2, 0) is 28.5 Å². The van der Waals surface area contributed by atoms with Gasteiger partial charge in [0.15, 0.2) is 5.79 Å². The third-order valence-corrected chi connectivity index (χ3v) is 5.43. The Hall–Kier alpha value is -0.680. The minimum Gasteiger partial charge on any atom is -0.375 e. The standard InChI is InChI=1S/C16H25F3O6S/c1-7-15(9-22-13(2,3)4)8-10(25-26(20,21)16(17,18)19)11-12(15)24-14(5,6)23-11/h7,10-12H,1,8-9H2,2-6H3/t10-,11-,12-,15-/m0/s1. The highest BCUT2D eigenvalue weighted by atomic mass is 32.2. The molecule has 6 nitrogen and oxygen atoms in total. The fraction of sp³-hybridized carbons (Fsp3) is 0.875. The zero-order valence-electron chi connectivity index (χ0n) is 15.4. The maximum Gasteiger partial charge on any atom is 0.523 e. The fourth-order valence-electron chi connectivity index (χ4n) is 3.17. The third kappa shape index (κ3) is 4.24. The Kier molecular flexibility index (Phi) is 5.35. The Balaban J connectivity index is 2.33. The van der Waals surface area contributed by atoms with Gasteiger partial charge in [0.05, 0.1) is 12.2 Å².